The highest BCUT2D eigenvalue weighted by Crippen LogP contribution is 2.25. The third-order valence-electron chi connectivity index (χ3n) is 3.42. The first-order valence-electron chi connectivity index (χ1n) is 6.68. The van der Waals surface area contributed by atoms with Crippen LogP contribution >= 0.6 is 11.8 Å². The second-order valence-corrected chi connectivity index (χ2v) is 7.80. The number of rotatable bonds is 4. The van der Waals surface area contributed by atoms with Crippen molar-refractivity contribution in [2.75, 3.05) is 25.2 Å². The van der Waals surface area contributed by atoms with Gasteiger partial charge in [-0.05, 0) is 36.4 Å². The molecule has 9 heteroatoms. The zero-order valence-electron chi connectivity index (χ0n) is 12.1. The van der Waals surface area contributed by atoms with Crippen LogP contribution in [0, 0.1) is 0 Å². The van der Waals surface area contributed by atoms with E-state index in [1.54, 1.807) is 29.4 Å². The average molecular weight is 346 g/mol. The summed E-state index contributed by atoms with van der Waals surface area (Å²) in [4.78, 5) is 11.9. The number of carbonyl (C=O) groups excluding carboxylic acids is 1. The Morgan fingerprint density at radius 2 is 2.05 bits per heavy atom. The monoisotopic (exact) mass is 346 g/mol. The minimum absolute atomic E-state index is 0.0935. The maximum atomic E-state index is 12.8. The first-order valence-corrected chi connectivity index (χ1v) is 9.27. The van der Waals surface area contributed by atoms with Crippen LogP contribution in [-0.4, -0.2) is 55.0 Å². The van der Waals surface area contributed by atoms with E-state index < -0.39 is 22.0 Å². The normalized spacial score (nSPS) is 20.2. The average Bonchev–Trinajstić information content (AvgIpc) is 2.80. The molecule has 1 atom stereocenters. The molecule has 1 aromatic rings. The number of thioether (sulfide) groups is 1. The summed E-state index contributed by atoms with van der Waals surface area (Å²) in [5.41, 5.74) is 1.56. The van der Waals surface area contributed by atoms with Crippen LogP contribution in [0.25, 0.3) is 0 Å². The molecule has 2 N–H and O–H groups in total. The van der Waals surface area contributed by atoms with Gasteiger partial charge >= 0.3 is 0 Å². The quantitative estimate of drug-likeness (QED) is 0.615. The fourth-order valence-corrected chi connectivity index (χ4v) is 4.91. The zero-order chi connectivity index (χ0) is 16.2. The number of nitrogens with zero attached hydrogens (tertiary/aromatic N) is 1. The van der Waals surface area contributed by atoms with Crippen LogP contribution in [0.5, 0.6) is 5.75 Å². The maximum absolute atomic E-state index is 12.8. The summed E-state index contributed by atoms with van der Waals surface area (Å²) >= 11 is 1.58. The van der Waals surface area contributed by atoms with Crippen LogP contribution in [0.2, 0.25) is 0 Å². The second kappa shape index (κ2) is 7.32. The summed E-state index contributed by atoms with van der Waals surface area (Å²) in [5, 5.41) is 8.86. The molecule has 1 aliphatic rings. The molecule has 7 nitrogen and oxygen atoms in total. The molecule has 1 saturated heterocycles. The number of benzene rings is 1. The van der Waals surface area contributed by atoms with Crippen LogP contribution in [0.1, 0.15) is 6.42 Å². The molecule has 1 unspecified atom stereocenters. The van der Waals surface area contributed by atoms with Crippen molar-refractivity contribution in [1.82, 2.24) is 9.79 Å². The van der Waals surface area contributed by atoms with E-state index in [-0.39, 0.29) is 11.4 Å². The molecule has 1 fully saturated rings. The Bertz CT molecular complexity index is 618. The Morgan fingerprint density at radius 1 is 1.36 bits per heavy atom. The molecule has 0 aliphatic carbocycles. The lowest BCUT2D eigenvalue weighted by Crippen LogP contribution is -2.49. The van der Waals surface area contributed by atoms with Crippen molar-refractivity contribution in [3.05, 3.63) is 24.3 Å². The summed E-state index contributed by atoms with van der Waals surface area (Å²) in [5.74, 6) is 1.10. The molecule has 122 valence electrons. The van der Waals surface area contributed by atoms with Crippen molar-refractivity contribution in [2.45, 2.75) is 17.4 Å². The first-order chi connectivity index (χ1) is 10.5. The first kappa shape index (κ1) is 17.1. The molecule has 0 saturated carbocycles. The molecule has 0 spiro atoms. The van der Waals surface area contributed by atoms with Crippen molar-refractivity contribution in [3.8, 4) is 5.75 Å². The lowest BCUT2D eigenvalue weighted by molar-refractivity contribution is -0.133. The lowest BCUT2D eigenvalue weighted by atomic mass is 10.2. The number of nitrogens with one attached hydrogen (secondary N) is 1. The van der Waals surface area contributed by atoms with Crippen molar-refractivity contribution >= 4 is 27.7 Å². The van der Waals surface area contributed by atoms with Gasteiger partial charge in [0.25, 0.3) is 5.91 Å². The van der Waals surface area contributed by atoms with Crippen molar-refractivity contribution in [1.29, 1.82) is 0 Å². The molecular weight excluding hydrogens is 328 g/mol. The Kier molecular flexibility index (Phi) is 5.68. The van der Waals surface area contributed by atoms with Gasteiger partial charge in [0, 0.05) is 12.3 Å². The topological polar surface area (TPSA) is 95.9 Å². The number of hydrogen-bond donors (Lipinski definition) is 2. The molecule has 0 radical (unpaired) electrons. The van der Waals surface area contributed by atoms with Crippen molar-refractivity contribution < 1.29 is 23.2 Å². The third-order valence-corrected chi connectivity index (χ3v) is 6.34. The molecule has 0 bridgehead atoms. The molecule has 1 aliphatic heterocycles. The number of hydrogen-bond acceptors (Lipinski definition) is 6. The van der Waals surface area contributed by atoms with E-state index in [0.717, 1.165) is 4.31 Å². The van der Waals surface area contributed by atoms with E-state index in [9.17, 15) is 13.2 Å². The van der Waals surface area contributed by atoms with Gasteiger partial charge in [0.2, 0.25) is 10.0 Å². The predicted octanol–water partition coefficient (Wildman–Crippen LogP) is 0.697. The van der Waals surface area contributed by atoms with Crippen LogP contribution in [0.15, 0.2) is 29.2 Å². The van der Waals surface area contributed by atoms with Gasteiger partial charge in [-0.3, -0.25) is 10.0 Å². The fourth-order valence-electron chi connectivity index (χ4n) is 2.26. The predicted molar refractivity (Wildman–Crippen MR) is 82.5 cm³/mol. The van der Waals surface area contributed by atoms with Gasteiger partial charge in [0.1, 0.15) is 11.8 Å². The van der Waals surface area contributed by atoms with Gasteiger partial charge in [0.05, 0.1) is 12.0 Å². The molecule has 0 aromatic heterocycles. The summed E-state index contributed by atoms with van der Waals surface area (Å²) in [6.45, 7) is 0.219. The summed E-state index contributed by atoms with van der Waals surface area (Å²) in [7, 11) is -2.32. The molecule has 2 rings (SSSR count). The minimum atomic E-state index is -3.82. The Labute approximate surface area is 133 Å². The van der Waals surface area contributed by atoms with Crippen LogP contribution in [-0.2, 0) is 14.8 Å². The lowest BCUT2D eigenvalue weighted by Gasteiger charge is -2.27. The van der Waals surface area contributed by atoms with E-state index in [1.165, 1.54) is 19.2 Å². The number of ether oxygens (including phenoxy) is 1. The number of amides is 1. The SMILES string of the molecule is COc1ccc(S(=O)(=O)N2CCSCCC2C(=O)NO)cc1. The van der Waals surface area contributed by atoms with E-state index >= 15 is 0 Å². The van der Waals surface area contributed by atoms with Crippen molar-refractivity contribution in [3.63, 3.8) is 0 Å². The molecule has 22 heavy (non-hydrogen) atoms. The largest absolute Gasteiger partial charge is 0.497 e. The third kappa shape index (κ3) is 3.54. The van der Waals surface area contributed by atoms with Crippen molar-refractivity contribution in [2.24, 2.45) is 0 Å². The highest BCUT2D eigenvalue weighted by atomic mass is 32.2. The van der Waals surface area contributed by atoms with Crippen LogP contribution < -0.4 is 10.2 Å². The standard InChI is InChI=1S/C13H18N2O5S2/c1-20-10-2-4-11(5-3-10)22(18,19)15-7-9-21-8-6-12(15)13(16)14-17/h2-5,12,17H,6-9H2,1H3,(H,14,16). The van der Waals surface area contributed by atoms with E-state index in [1.807, 2.05) is 0 Å². The smallest absolute Gasteiger partial charge is 0.261 e. The zero-order valence-corrected chi connectivity index (χ0v) is 13.7. The maximum Gasteiger partial charge on any atom is 0.261 e. The van der Waals surface area contributed by atoms with Gasteiger partial charge in [-0.15, -0.1) is 0 Å². The minimum Gasteiger partial charge on any atom is -0.497 e. The number of sulfonamides is 1. The molecule has 1 heterocycles. The Balaban J connectivity index is 2.36. The Morgan fingerprint density at radius 3 is 2.64 bits per heavy atom. The van der Waals surface area contributed by atoms with Gasteiger partial charge in [-0.2, -0.15) is 16.1 Å². The summed E-state index contributed by atoms with van der Waals surface area (Å²) < 4.78 is 31.7. The van der Waals surface area contributed by atoms with Gasteiger partial charge in [0.15, 0.2) is 0 Å². The van der Waals surface area contributed by atoms with Crippen LogP contribution in [0.3, 0.4) is 0 Å². The molecular formula is C13H18N2O5S2. The summed E-state index contributed by atoms with van der Waals surface area (Å²) in [6.07, 6.45) is 0.354. The highest BCUT2D eigenvalue weighted by Gasteiger charge is 2.36. The fraction of sp³-hybridized carbons (Fsp3) is 0.462. The number of methoxy groups -OCH3 is 1. The van der Waals surface area contributed by atoms with E-state index in [0.29, 0.717) is 23.7 Å². The molecule has 1 aromatic carbocycles. The van der Waals surface area contributed by atoms with Gasteiger partial charge in [-0.25, -0.2) is 13.9 Å². The summed E-state index contributed by atoms with van der Waals surface area (Å²) in [6, 6.07) is 5.09. The van der Waals surface area contributed by atoms with Gasteiger partial charge < -0.3 is 4.74 Å². The highest BCUT2D eigenvalue weighted by molar-refractivity contribution is 7.99. The van der Waals surface area contributed by atoms with E-state index in [2.05, 4.69) is 0 Å². The number of hydroxylamine groups is 1. The number of carbonyl (C=O) groups is 1. The molecule has 1 amide bonds. The second-order valence-electron chi connectivity index (χ2n) is 4.68. The van der Waals surface area contributed by atoms with Gasteiger partial charge in [-0.1, -0.05) is 0 Å². The Hall–Kier alpha value is -1.29. The van der Waals surface area contributed by atoms with Crippen LogP contribution in [0.4, 0.5) is 0 Å². The van der Waals surface area contributed by atoms with E-state index in [4.69, 9.17) is 9.94 Å².